The molecule has 17 heavy (non-hydrogen) atoms. The first-order valence-electron chi connectivity index (χ1n) is 6.37. The van der Waals surface area contributed by atoms with Gasteiger partial charge in [0.15, 0.2) is 0 Å². The van der Waals surface area contributed by atoms with Crippen molar-refractivity contribution in [3.8, 4) is 0 Å². The average molecular weight is 247 g/mol. The fourth-order valence-electron chi connectivity index (χ4n) is 1.61. The van der Waals surface area contributed by atoms with Crippen LogP contribution in [0.3, 0.4) is 0 Å². The first-order chi connectivity index (χ1) is 8.22. The Labute approximate surface area is 103 Å². The first-order valence-corrected chi connectivity index (χ1v) is 6.37. The van der Waals surface area contributed by atoms with Gasteiger partial charge in [-0.15, -0.1) is 0 Å². The summed E-state index contributed by atoms with van der Waals surface area (Å²) in [5.74, 6) is 0. The summed E-state index contributed by atoms with van der Waals surface area (Å²) in [6.07, 6.45) is 1.67. The molecule has 0 aliphatic heterocycles. The third-order valence-corrected chi connectivity index (χ3v) is 3.06. The molecule has 1 unspecified atom stereocenters. The smallest absolute Gasteiger partial charge is 0.0897 e. The molecule has 1 saturated carbocycles. The van der Waals surface area contributed by atoms with E-state index in [9.17, 15) is 5.11 Å². The molecule has 0 saturated heterocycles. The molecule has 1 rings (SSSR count). The molecule has 102 valence electrons. The minimum absolute atomic E-state index is 0.0928. The third-order valence-electron chi connectivity index (χ3n) is 3.06. The van der Waals surface area contributed by atoms with E-state index in [2.05, 4.69) is 5.32 Å². The van der Waals surface area contributed by atoms with Crippen molar-refractivity contribution in [3.63, 3.8) is 0 Å². The Bertz CT molecular complexity index is 197. The number of hydrogen-bond acceptors (Lipinski definition) is 5. The standard InChI is InChI=1S/C12H25NO4/c1-2-16-5-6-17-8-11(15)7-13-9-12(10-14)3-4-12/h11,13-15H,2-10H2,1H3. The van der Waals surface area contributed by atoms with Gasteiger partial charge in [-0.05, 0) is 19.8 Å². The van der Waals surface area contributed by atoms with Crippen molar-refractivity contribution in [2.75, 3.05) is 46.1 Å². The molecule has 1 atom stereocenters. The van der Waals surface area contributed by atoms with Crippen molar-refractivity contribution < 1.29 is 19.7 Å². The summed E-state index contributed by atoms with van der Waals surface area (Å²) in [6.45, 7) is 5.57. The van der Waals surface area contributed by atoms with E-state index >= 15 is 0 Å². The van der Waals surface area contributed by atoms with Crippen LogP contribution in [0.4, 0.5) is 0 Å². The fourth-order valence-corrected chi connectivity index (χ4v) is 1.61. The predicted molar refractivity (Wildman–Crippen MR) is 64.9 cm³/mol. The zero-order valence-electron chi connectivity index (χ0n) is 10.7. The Hall–Kier alpha value is -0.200. The van der Waals surface area contributed by atoms with Crippen molar-refractivity contribution >= 4 is 0 Å². The lowest BCUT2D eigenvalue weighted by Gasteiger charge is -2.16. The summed E-state index contributed by atoms with van der Waals surface area (Å²) in [4.78, 5) is 0. The summed E-state index contributed by atoms with van der Waals surface area (Å²) in [5.41, 5.74) is 0.0928. The minimum Gasteiger partial charge on any atom is -0.396 e. The van der Waals surface area contributed by atoms with Gasteiger partial charge in [0.2, 0.25) is 0 Å². The number of aliphatic hydroxyl groups excluding tert-OH is 2. The Morgan fingerprint density at radius 1 is 1.29 bits per heavy atom. The van der Waals surface area contributed by atoms with E-state index < -0.39 is 6.10 Å². The fraction of sp³-hybridized carbons (Fsp3) is 1.00. The lowest BCUT2D eigenvalue weighted by atomic mass is 10.1. The first kappa shape index (κ1) is 14.9. The molecule has 5 nitrogen and oxygen atoms in total. The Kier molecular flexibility index (Phi) is 6.99. The van der Waals surface area contributed by atoms with Crippen molar-refractivity contribution in [1.82, 2.24) is 5.32 Å². The van der Waals surface area contributed by atoms with Crippen LogP contribution in [0.1, 0.15) is 19.8 Å². The second-order valence-corrected chi connectivity index (χ2v) is 4.71. The highest BCUT2D eigenvalue weighted by Crippen LogP contribution is 2.44. The maximum Gasteiger partial charge on any atom is 0.0897 e. The molecule has 1 aliphatic carbocycles. The van der Waals surface area contributed by atoms with E-state index in [1.807, 2.05) is 6.92 Å². The van der Waals surface area contributed by atoms with E-state index in [0.29, 0.717) is 33.0 Å². The number of rotatable bonds is 11. The molecule has 0 amide bonds. The lowest BCUT2D eigenvalue weighted by Crippen LogP contribution is -2.35. The highest BCUT2D eigenvalue weighted by atomic mass is 16.5. The van der Waals surface area contributed by atoms with Crippen molar-refractivity contribution in [3.05, 3.63) is 0 Å². The van der Waals surface area contributed by atoms with Crippen molar-refractivity contribution in [1.29, 1.82) is 0 Å². The molecule has 1 fully saturated rings. The largest absolute Gasteiger partial charge is 0.396 e. The van der Waals surface area contributed by atoms with Crippen LogP contribution in [0.5, 0.6) is 0 Å². The van der Waals surface area contributed by atoms with Crippen LogP contribution >= 0.6 is 0 Å². The number of ether oxygens (including phenoxy) is 2. The van der Waals surface area contributed by atoms with Crippen molar-refractivity contribution in [2.24, 2.45) is 5.41 Å². The van der Waals surface area contributed by atoms with E-state index in [0.717, 1.165) is 19.4 Å². The van der Waals surface area contributed by atoms with Gasteiger partial charge in [-0.25, -0.2) is 0 Å². The molecule has 0 aromatic heterocycles. The molecule has 3 N–H and O–H groups in total. The van der Waals surface area contributed by atoms with Crippen molar-refractivity contribution in [2.45, 2.75) is 25.9 Å². The molecule has 0 heterocycles. The average Bonchev–Trinajstić information content (AvgIpc) is 3.09. The highest BCUT2D eigenvalue weighted by Gasteiger charge is 2.41. The molecular weight excluding hydrogens is 222 g/mol. The van der Waals surface area contributed by atoms with E-state index in [1.54, 1.807) is 0 Å². The van der Waals surface area contributed by atoms with Gasteiger partial charge in [0, 0.05) is 31.7 Å². The van der Waals surface area contributed by atoms with Crippen LogP contribution in [0.25, 0.3) is 0 Å². The second-order valence-electron chi connectivity index (χ2n) is 4.71. The summed E-state index contributed by atoms with van der Waals surface area (Å²) in [6, 6.07) is 0. The van der Waals surface area contributed by atoms with Crippen LogP contribution in [0.15, 0.2) is 0 Å². The van der Waals surface area contributed by atoms with Gasteiger partial charge >= 0.3 is 0 Å². The predicted octanol–water partition coefficient (Wildman–Crippen LogP) is -0.237. The van der Waals surface area contributed by atoms with E-state index in [-0.39, 0.29) is 12.0 Å². The van der Waals surface area contributed by atoms with Gasteiger partial charge < -0.3 is 25.0 Å². The van der Waals surface area contributed by atoms with Crippen LogP contribution in [0, 0.1) is 5.41 Å². The van der Waals surface area contributed by atoms with Crippen LogP contribution in [-0.4, -0.2) is 62.4 Å². The minimum atomic E-state index is -0.494. The maximum absolute atomic E-state index is 9.60. The molecule has 0 spiro atoms. The summed E-state index contributed by atoms with van der Waals surface area (Å²) in [7, 11) is 0. The van der Waals surface area contributed by atoms with Gasteiger partial charge in [0.05, 0.1) is 25.9 Å². The topological polar surface area (TPSA) is 71.0 Å². The van der Waals surface area contributed by atoms with E-state index in [1.165, 1.54) is 0 Å². The van der Waals surface area contributed by atoms with Crippen LogP contribution < -0.4 is 5.32 Å². The Balaban J connectivity index is 1.89. The van der Waals surface area contributed by atoms with Gasteiger partial charge in [0.25, 0.3) is 0 Å². The molecule has 5 heteroatoms. The summed E-state index contributed by atoms with van der Waals surface area (Å²) < 4.78 is 10.4. The molecule has 0 aromatic rings. The molecular formula is C12H25NO4. The molecule has 1 aliphatic rings. The van der Waals surface area contributed by atoms with Gasteiger partial charge in [-0.2, -0.15) is 0 Å². The summed E-state index contributed by atoms with van der Waals surface area (Å²) in [5, 5.41) is 21.9. The lowest BCUT2D eigenvalue weighted by molar-refractivity contribution is 0.00600. The Morgan fingerprint density at radius 3 is 2.59 bits per heavy atom. The maximum atomic E-state index is 9.60. The quantitative estimate of drug-likeness (QED) is 0.440. The zero-order chi connectivity index (χ0) is 12.6. The second kappa shape index (κ2) is 8.00. The molecule has 0 aromatic carbocycles. The SMILES string of the molecule is CCOCCOCC(O)CNCC1(CO)CC1. The highest BCUT2D eigenvalue weighted by molar-refractivity contribution is 4.94. The van der Waals surface area contributed by atoms with Crippen LogP contribution in [0.2, 0.25) is 0 Å². The van der Waals surface area contributed by atoms with Gasteiger partial charge in [0.1, 0.15) is 0 Å². The van der Waals surface area contributed by atoms with E-state index in [4.69, 9.17) is 14.6 Å². The summed E-state index contributed by atoms with van der Waals surface area (Å²) >= 11 is 0. The number of hydrogen-bond donors (Lipinski definition) is 3. The zero-order valence-corrected chi connectivity index (χ0v) is 10.7. The normalized spacial score (nSPS) is 19.2. The van der Waals surface area contributed by atoms with Gasteiger partial charge in [-0.1, -0.05) is 0 Å². The molecule has 0 radical (unpaired) electrons. The molecule has 0 bridgehead atoms. The number of nitrogens with one attached hydrogen (secondary N) is 1. The third kappa shape index (κ3) is 6.33. The number of aliphatic hydroxyl groups is 2. The Morgan fingerprint density at radius 2 is 2.00 bits per heavy atom. The van der Waals surface area contributed by atoms with Crippen LogP contribution in [-0.2, 0) is 9.47 Å². The monoisotopic (exact) mass is 247 g/mol. The van der Waals surface area contributed by atoms with Gasteiger partial charge in [-0.3, -0.25) is 0 Å².